The number of carbonyl (C=O) groups is 6. The molecule has 4 aliphatic carbocycles. The van der Waals surface area contributed by atoms with E-state index in [9.17, 15) is 83.5 Å². The van der Waals surface area contributed by atoms with Gasteiger partial charge in [-0.1, -0.05) is 31.2 Å². The third kappa shape index (κ3) is 9.68. The summed E-state index contributed by atoms with van der Waals surface area (Å²) in [5, 5.41) is 97.8. The summed E-state index contributed by atoms with van der Waals surface area (Å²) < 4.78 is 60.5. The van der Waals surface area contributed by atoms with Gasteiger partial charge in [0.1, 0.15) is 77.9 Å². The van der Waals surface area contributed by atoms with E-state index in [1.807, 2.05) is 0 Å². The van der Waals surface area contributed by atoms with Crippen molar-refractivity contribution in [2.45, 2.75) is 119 Å². The third-order valence-electron chi connectivity index (χ3n) is 15.9. The van der Waals surface area contributed by atoms with Gasteiger partial charge in [0.15, 0.2) is 35.7 Å². The van der Waals surface area contributed by atoms with Gasteiger partial charge in [0.05, 0.1) is 72.0 Å². The van der Waals surface area contributed by atoms with Crippen molar-refractivity contribution in [2.75, 3.05) is 34.2 Å². The molecule has 2 heterocycles. The number of ketones is 6. The summed E-state index contributed by atoms with van der Waals surface area (Å²) in [6, 6.07) is 7.75. The highest BCUT2D eigenvalue weighted by Crippen LogP contribution is 2.55. The number of nitrogens with two attached hydrogens (primary N) is 1. The van der Waals surface area contributed by atoms with Gasteiger partial charge < -0.3 is 80.1 Å². The van der Waals surface area contributed by atoms with E-state index in [1.54, 1.807) is 6.92 Å². The highest BCUT2D eigenvalue weighted by Gasteiger charge is 2.52. The Morgan fingerprint density at radius 1 is 0.650 bits per heavy atom. The van der Waals surface area contributed by atoms with Gasteiger partial charge in [-0.2, -0.15) is 0 Å². The molecular weight excluding hydrogens is 1080 g/mol. The fourth-order valence-electron chi connectivity index (χ4n) is 11.6. The Morgan fingerprint density at radius 3 is 1.49 bits per heavy atom. The number of rotatable bonds is 11. The Kier molecular flexibility index (Phi) is 16.7. The maximum atomic E-state index is 13.7. The van der Waals surface area contributed by atoms with E-state index in [-0.39, 0.29) is 81.3 Å². The first-order valence-electron chi connectivity index (χ1n) is 25.1. The molecular formula is C55H58ClF2NO21. The molecule has 80 heavy (non-hydrogen) atoms. The van der Waals surface area contributed by atoms with Crippen molar-refractivity contribution >= 4 is 47.1 Å². The molecule has 2 aliphatic heterocycles. The summed E-state index contributed by atoms with van der Waals surface area (Å²) in [5.74, 6) is -7.90. The van der Waals surface area contributed by atoms with Crippen LogP contribution in [-0.4, -0.2) is 169 Å². The molecule has 2 fully saturated rings. The Bertz CT molecular complexity index is 3230. The molecule has 12 atom stereocenters. The van der Waals surface area contributed by atoms with Gasteiger partial charge in [0.25, 0.3) is 0 Å². The fourth-order valence-corrected chi connectivity index (χ4v) is 11.6. The zero-order chi connectivity index (χ0) is 57.5. The van der Waals surface area contributed by atoms with E-state index >= 15 is 0 Å². The first-order valence-corrected chi connectivity index (χ1v) is 25.1. The zero-order valence-corrected chi connectivity index (χ0v) is 44.1. The maximum Gasteiger partial charge on any atom is 0.202 e. The number of hydrogen-bond acceptors (Lipinski definition) is 22. The second-order valence-electron chi connectivity index (χ2n) is 20.6. The number of Topliss-reactive ketones (excluding diaryl/α,β-unsaturated/α-hetero) is 2. The van der Waals surface area contributed by atoms with Crippen molar-refractivity contribution in [3.63, 3.8) is 0 Å². The first kappa shape index (κ1) is 59.6. The minimum Gasteiger partial charge on any atom is -0.507 e. The molecule has 0 spiro atoms. The summed E-state index contributed by atoms with van der Waals surface area (Å²) >= 11 is 0. The van der Waals surface area contributed by atoms with E-state index in [0.29, 0.717) is 0 Å². The molecule has 0 bridgehead atoms. The van der Waals surface area contributed by atoms with Gasteiger partial charge in [-0.3, -0.25) is 28.8 Å². The SMILES string of the molecule is COc1cccc2c1C(=O)c1c(O)c3c(c(O)c1C2=O)C[C@@](O)(C(=O)CO)CC3OC1CC(C)C(O)C(CF)O1.COc1cccc2c1C(=O)c1c(O)c3c(c(O)c1C2=O)C[C@@](O)(C(C)=O)CC3OC1CC(N)C(O)C(CF)O1.Cl. The number of aromatic hydroxyl groups is 4. The number of fused-ring (bicyclic) bond motifs is 6. The van der Waals surface area contributed by atoms with Crippen LogP contribution in [0.2, 0.25) is 0 Å². The molecule has 6 aliphatic rings. The van der Waals surface area contributed by atoms with Gasteiger partial charge in [-0.25, -0.2) is 8.78 Å². The smallest absolute Gasteiger partial charge is 0.202 e. The number of carbonyl (C=O) groups excluding carboxylic acids is 6. The fraction of sp³-hybridized carbons (Fsp3) is 0.455. The molecule has 430 valence electrons. The highest BCUT2D eigenvalue weighted by atomic mass is 35.5. The minimum atomic E-state index is -2.29. The van der Waals surface area contributed by atoms with Crippen LogP contribution in [0.4, 0.5) is 8.78 Å². The summed E-state index contributed by atoms with van der Waals surface area (Å²) in [7, 11) is 2.62. The number of phenolic OH excluding ortho intramolecular Hbond substituents is 4. The van der Waals surface area contributed by atoms with Crippen molar-refractivity contribution in [2.24, 2.45) is 11.7 Å². The zero-order valence-electron chi connectivity index (χ0n) is 43.3. The molecule has 10 unspecified atom stereocenters. The van der Waals surface area contributed by atoms with Crippen LogP contribution in [0.3, 0.4) is 0 Å². The number of hydrogen-bond donors (Lipinski definition) is 10. The number of halogens is 3. The Labute approximate surface area is 460 Å². The lowest BCUT2D eigenvalue weighted by Gasteiger charge is -2.42. The topological polar surface area (TPSA) is 366 Å². The largest absolute Gasteiger partial charge is 0.507 e. The van der Waals surface area contributed by atoms with Gasteiger partial charge in [-0.15, -0.1) is 12.4 Å². The summed E-state index contributed by atoms with van der Waals surface area (Å²) in [6.45, 7) is -0.339. The molecule has 0 radical (unpaired) electrons. The molecule has 2 saturated heterocycles. The molecule has 0 saturated carbocycles. The van der Waals surface area contributed by atoms with Crippen LogP contribution in [-0.2, 0) is 41.4 Å². The van der Waals surface area contributed by atoms with E-state index in [4.69, 9.17) is 34.2 Å². The molecule has 25 heteroatoms. The van der Waals surface area contributed by atoms with Crippen molar-refractivity contribution in [3.05, 3.63) is 103 Å². The van der Waals surface area contributed by atoms with E-state index < -0.39 is 198 Å². The molecule has 4 aromatic rings. The van der Waals surface area contributed by atoms with Crippen molar-refractivity contribution in [3.8, 4) is 34.5 Å². The molecule has 10 rings (SSSR count). The number of aliphatic hydroxyl groups excluding tert-OH is 3. The normalized spacial score (nSPS) is 29.2. The number of aliphatic hydroxyl groups is 5. The minimum absolute atomic E-state index is 0. The van der Waals surface area contributed by atoms with Crippen LogP contribution in [0.1, 0.15) is 138 Å². The number of alkyl halides is 2. The maximum absolute atomic E-state index is 13.7. The van der Waals surface area contributed by atoms with E-state index in [0.717, 1.165) is 6.92 Å². The molecule has 22 nitrogen and oxygen atoms in total. The number of phenols is 4. The Hall–Kier alpha value is -6.55. The first-order chi connectivity index (χ1) is 37.4. The van der Waals surface area contributed by atoms with Crippen LogP contribution in [0.15, 0.2) is 36.4 Å². The van der Waals surface area contributed by atoms with Crippen molar-refractivity contribution in [1.29, 1.82) is 0 Å². The van der Waals surface area contributed by atoms with Crippen LogP contribution < -0.4 is 15.2 Å². The predicted octanol–water partition coefficient (Wildman–Crippen LogP) is 2.66. The molecule has 0 amide bonds. The van der Waals surface area contributed by atoms with E-state index in [2.05, 4.69) is 0 Å². The second-order valence-corrected chi connectivity index (χ2v) is 20.6. The average molecular weight is 1140 g/mol. The molecule has 11 N–H and O–H groups in total. The number of ether oxygens (including phenoxy) is 6. The lowest BCUT2D eigenvalue weighted by molar-refractivity contribution is -0.261. The molecule has 4 aromatic carbocycles. The molecule has 0 aromatic heterocycles. The van der Waals surface area contributed by atoms with E-state index in [1.165, 1.54) is 50.6 Å². The summed E-state index contributed by atoms with van der Waals surface area (Å²) in [5.41, 5.74) is -1.40. The van der Waals surface area contributed by atoms with Crippen molar-refractivity contribution in [1.82, 2.24) is 0 Å². The van der Waals surface area contributed by atoms with Gasteiger partial charge in [-0.05, 0) is 25.0 Å². The van der Waals surface area contributed by atoms with Crippen LogP contribution in [0.5, 0.6) is 34.5 Å². The Balaban J connectivity index is 0.000000208. The quantitative estimate of drug-likeness (QED) is 0.0834. The van der Waals surface area contributed by atoms with Crippen LogP contribution in [0, 0.1) is 5.92 Å². The van der Waals surface area contributed by atoms with Crippen molar-refractivity contribution < 1.29 is 112 Å². The number of benzene rings is 4. The second kappa shape index (κ2) is 22.4. The average Bonchev–Trinajstić information content (AvgIpc) is 3.61. The highest BCUT2D eigenvalue weighted by molar-refractivity contribution is 6.32. The van der Waals surface area contributed by atoms with Crippen LogP contribution in [0.25, 0.3) is 0 Å². The van der Waals surface area contributed by atoms with Gasteiger partial charge in [0.2, 0.25) is 11.6 Å². The van der Waals surface area contributed by atoms with Gasteiger partial charge >= 0.3 is 0 Å². The third-order valence-corrected chi connectivity index (χ3v) is 15.9. The standard InChI is InChI=1S/C28H29FO11.C27H28FNO10.ClH/c1-11-6-18(40-16(9-29)23(11)32)39-15-8-28(37,17(31)10-30)7-13-20(15)27(36)22-21(25(13)34)24(33)12-4-3-5-14(38-2)19(12)26(22)35;1-10(30)27(36)7-12-19(15(8-27)38-17-6-13(29)24(33)16(9-28)39-17)26(35)21-20(23(12)32)22(31)11-4-3-5-14(37-2)18(11)25(21)34;/h3-5,11,15-16,18,23,30,32,34,36-37H,6-10H2,1-2H3;3-5,13,15-17,24,32-33,35-36H,6-9,29H2,1-2H3;1H/t11?,15?,16?,18?,23?,28-;13?,15?,16?,17?,24?,27-;/m00./s1. The lowest BCUT2D eigenvalue weighted by Crippen LogP contribution is -2.54. The Morgan fingerprint density at radius 2 is 1.06 bits per heavy atom. The lowest BCUT2D eigenvalue weighted by atomic mass is 9.72. The summed E-state index contributed by atoms with van der Waals surface area (Å²) in [4.78, 5) is 79.4. The van der Waals surface area contributed by atoms with Crippen LogP contribution >= 0.6 is 12.4 Å². The predicted molar refractivity (Wildman–Crippen MR) is 271 cm³/mol. The summed E-state index contributed by atoms with van der Waals surface area (Å²) in [6.07, 6.45) is -12.1. The van der Waals surface area contributed by atoms with Gasteiger partial charge in [0, 0.05) is 77.9 Å². The monoisotopic (exact) mass is 1140 g/mol. The number of methoxy groups -OCH3 is 2.